The van der Waals surface area contributed by atoms with Crippen LogP contribution in [0.2, 0.25) is 0 Å². The van der Waals surface area contributed by atoms with E-state index in [9.17, 15) is 29.4 Å². The van der Waals surface area contributed by atoms with E-state index in [4.69, 9.17) is 10.5 Å². The van der Waals surface area contributed by atoms with Gasteiger partial charge in [-0.2, -0.15) is 15.8 Å². The van der Waals surface area contributed by atoms with Gasteiger partial charge in [0.25, 0.3) is 0 Å². The summed E-state index contributed by atoms with van der Waals surface area (Å²) >= 11 is 0. The van der Waals surface area contributed by atoms with Crippen molar-refractivity contribution in [2.75, 3.05) is 19.7 Å². The fourth-order valence-electron chi connectivity index (χ4n) is 4.15. The van der Waals surface area contributed by atoms with Gasteiger partial charge < -0.3 is 15.4 Å². The number of nitriles is 3. The molecule has 2 N–H and O–H groups in total. The summed E-state index contributed by atoms with van der Waals surface area (Å²) in [6.07, 6.45) is 0.936. The first-order valence-electron chi connectivity index (χ1n) is 9.15. The number of fused-ring (bicyclic) bond motifs is 1. The normalized spacial score (nSPS) is 22.1. The van der Waals surface area contributed by atoms with Crippen LogP contribution in [0.15, 0.2) is 41.1 Å². The van der Waals surface area contributed by atoms with Crippen molar-refractivity contribution in [2.24, 2.45) is 17.1 Å². The van der Waals surface area contributed by atoms with E-state index >= 15 is 0 Å². The monoisotopic (exact) mass is 409 g/mol. The molecule has 1 aliphatic carbocycles. The molecule has 2 unspecified atom stereocenters. The van der Waals surface area contributed by atoms with Crippen molar-refractivity contribution in [3.05, 3.63) is 58.3 Å². The third-order valence-electron chi connectivity index (χ3n) is 5.51. The second kappa shape index (κ2) is 7.85. The van der Waals surface area contributed by atoms with Crippen LogP contribution < -0.4 is 5.73 Å². The molecule has 0 radical (unpaired) electrons. The zero-order valence-corrected chi connectivity index (χ0v) is 16.0. The Morgan fingerprint density at radius 1 is 1.33 bits per heavy atom. The lowest BCUT2D eigenvalue weighted by atomic mass is 9.58. The van der Waals surface area contributed by atoms with Gasteiger partial charge in [0.2, 0.25) is 0 Å². The number of allylic oxidation sites excluding steroid dienone is 2. The molecule has 0 fully saturated rings. The van der Waals surface area contributed by atoms with E-state index in [0.29, 0.717) is 5.57 Å². The predicted octanol–water partition coefficient (Wildman–Crippen LogP) is 2.85. The maximum atomic E-state index is 14.8. The highest BCUT2D eigenvalue weighted by Crippen LogP contribution is 2.54. The predicted molar refractivity (Wildman–Crippen MR) is 99.8 cm³/mol. The average Bonchev–Trinajstić information content (AvgIpc) is 2.75. The Kier molecular flexibility index (Phi) is 5.45. The highest BCUT2D eigenvalue weighted by atomic mass is 19.2. The molecule has 0 saturated carbocycles. The van der Waals surface area contributed by atoms with Crippen LogP contribution >= 0.6 is 0 Å². The Balaban J connectivity index is 2.29. The lowest BCUT2D eigenvalue weighted by molar-refractivity contribution is 0.0997. The SMILES string of the molecule is CCOC(=O)N1CC=C2C(C#N)=C(N)C(C#N)(C#N)C(c3cccc(F)c3F)C2C1. The number of hydrogen-bond donors (Lipinski definition) is 1. The van der Waals surface area contributed by atoms with E-state index in [1.807, 2.05) is 18.2 Å². The molecule has 30 heavy (non-hydrogen) atoms. The molecule has 1 aliphatic heterocycles. The van der Waals surface area contributed by atoms with Gasteiger partial charge in [-0.15, -0.1) is 0 Å². The topological polar surface area (TPSA) is 127 Å². The molecule has 7 nitrogen and oxygen atoms in total. The molecule has 2 atom stereocenters. The van der Waals surface area contributed by atoms with Gasteiger partial charge in [0.15, 0.2) is 17.0 Å². The molecule has 0 aromatic heterocycles. The molecule has 1 aromatic rings. The van der Waals surface area contributed by atoms with Gasteiger partial charge >= 0.3 is 6.09 Å². The van der Waals surface area contributed by atoms with E-state index in [1.165, 1.54) is 17.0 Å². The molecular formula is C21H17F2N5O2. The summed E-state index contributed by atoms with van der Waals surface area (Å²) in [7, 11) is 0. The maximum Gasteiger partial charge on any atom is 0.410 e. The third-order valence-corrected chi connectivity index (χ3v) is 5.51. The second-order valence-electron chi connectivity index (χ2n) is 6.92. The van der Waals surface area contributed by atoms with Gasteiger partial charge in [0.05, 0.1) is 30.0 Å². The van der Waals surface area contributed by atoms with Gasteiger partial charge in [-0.3, -0.25) is 0 Å². The van der Waals surface area contributed by atoms with Gasteiger partial charge in [-0.1, -0.05) is 18.2 Å². The zero-order valence-electron chi connectivity index (χ0n) is 16.0. The highest BCUT2D eigenvalue weighted by Gasteiger charge is 2.55. The standard InChI is InChI=1S/C21H17F2N5O2/c1-2-30-20(29)28-7-6-12-14(8-24)19(27)21(10-25,11-26)17(15(12)9-28)13-4-3-5-16(22)18(13)23/h3-6,15,17H,2,7,9,27H2,1H3. The van der Waals surface area contributed by atoms with E-state index in [2.05, 4.69) is 0 Å². The zero-order chi connectivity index (χ0) is 22.1. The fourth-order valence-corrected chi connectivity index (χ4v) is 4.15. The number of carbonyl (C=O) groups excluding carboxylic acids is 1. The molecule has 0 saturated heterocycles. The Labute approximate surface area is 171 Å². The first-order valence-corrected chi connectivity index (χ1v) is 9.15. The van der Waals surface area contributed by atoms with Gasteiger partial charge in [0.1, 0.15) is 6.07 Å². The smallest absolute Gasteiger partial charge is 0.410 e. The minimum absolute atomic E-state index is 0.0559. The Hall–Kier alpha value is -3.90. The number of hydrogen-bond acceptors (Lipinski definition) is 6. The van der Waals surface area contributed by atoms with Crippen LogP contribution in [-0.4, -0.2) is 30.7 Å². The van der Waals surface area contributed by atoms with Gasteiger partial charge in [-0.25, -0.2) is 13.6 Å². The van der Waals surface area contributed by atoms with Crippen LogP contribution in [-0.2, 0) is 4.74 Å². The minimum Gasteiger partial charge on any atom is -0.450 e. The summed E-state index contributed by atoms with van der Waals surface area (Å²) in [5.74, 6) is -4.45. The van der Waals surface area contributed by atoms with E-state index in [0.717, 1.165) is 6.07 Å². The first-order chi connectivity index (χ1) is 14.4. The molecule has 9 heteroatoms. The summed E-state index contributed by atoms with van der Waals surface area (Å²) in [6, 6.07) is 9.05. The lowest BCUT2D eigenvalue weighted by Gasteiger charge is -2.45. The van der Waals surface area contributed by atoms with Crippen LogP contribution in [0.5, 0.6) is 0 Å². The van der Waals surface area contributed by atoms with E-state index in [1.54, 1.807) is 13.0 Å². The number of carbonyl (C=O) groups is 1. The summed E-state index contributed by atoms with van der Waals surface area (Å²) in [5.41, 5.74) is 3.78. The van der Waals surface area contributed by atoms with Crippen molar-refractivity contribution in [1.82, 2.24) is 4.90 Å². The number of halogens is 2. The maximum absolute atomic E-state index is 14.8. The molecule has 2 aliphatic rings. The average molecular weight is 409 g/mol. The summed E-state index contributed by atoms with van der Waals surface area (Å²) in [4.78, 5) is 13.6. The summed E-state index contributed by atoms with van der Waals surface area (Å²) < 4.78 is 33.8. The number of amides is 1. The lowest BCUT2D eigenvalue weighted by Crippen LogP contribution is -2.49. The number of rotatable bonds is 2. The largest absolute Gasteiger partial charge is 0.450 e. The van der Waals surface area contributed by atoms with Crippen molar-refractivity contribution in [1.29, 1.82) is 15.8 Å². The number of nitrogens with two attached hydrogens (primary N) is 1. The molecule has 152 valence electrons. The Morgan fingerprint density at radius 3 is 2.63 bits per heavy atom. The number of ether oxygens (including phenoxy) is 1. The molecule has 3 rings (SSSR count). The van der Waals surface area contributed by atoms with Crippen molar-refractivity contribution >= 4 is 6.09 Å². The molecular weight excluding hydrogens is 392 g/mol. The summed E-state index contributed by atoms with van der Waals surface area (Å²) in [5, 5.41) is 29.5. The molecule has 1 heterocycles. The van der Waals surface area contributed by atoms with Gasteiger partial charge in [0, 0.05) is 24.9 Å². The molecule has 1 aromatic carbocycles. The van der Waals surface area contributed by atoms with Crippen molar-refractivity contribution in [3.8, 4) is 18.2 Å². The van der Waals surface area contributed by atoms with Crippen molar-refractivity contribution < 1.29 is 18.3 Å². The minimum atomic E-state index is -2.13. The molecule has 1 amide bonds. The van der Waals surface area contributed by atoms with Crippen LogP contribution in [0, 0.1) is 57.0 Å². The fraction of sp³-hybridized carbons (Fsp3) is 0.333. The highest BCUT2D eigenvalue weighted by molar-refractivity contribution is 5.69. The van der Waals surface area contributed by atoms with Crippen LogP contribution in [0.4, 0.5) is 13.6 Å². The van der Waals surface area contributed by atoms with Crippen LogP contribution in [0.25, 0.3) is 0 Å². The number of benzene rings is 1. The molecule has 0 spiro atoms. The van der Waals surface area contributed by atoms with E-state index in [-0.39, 0.29) is 36.5 Å². The van der Waals surface area contributed by atoms with Gasteiger partial charge in [-0.05, 0) is 24.1 Å². The Bertz CT molecular complexity index is 1080. The second-order valence-corrected chi connectivity index (χ2v) is 6.92. The molecule has 0 bridgehead atoms. The number of nitrogens with zero attached hydrogens (tertiary/aromatic N) is 4. The van der Waals surface area contributed by atoms with Crippen molar-refractivity contribution in [3.63, 3.8) is 0 Å². The van der Waals surface area contributed by atoms with E-state index < -0.39 is 35.0 Å². The Morgan fingerprint density at radius 2 is 2.03 bits per heavy atom. The quantitative estimate of drug-likeness (QED) is 0.800. The van der Waals surface area contributed by atoms with Crippen LogP contribution in [0.3, 0.4) is 0 Å². The summed E-state index contributed by atoms with van der Waals surface area (Å²) in [6.45, 7) is 1.82. The van der Waals surface area contributed by atoms with Crippen LogP contribution in [0.1, 0.15) is 18.4 Å². The third kappa shape index (κ3) is 2.94. The first kappa shape index (κ1) is 20.8. The van der Waals surface area contributed by atoms with Crippen molar-refractivity contribution in [2.45, 2.75) is 12.8 Å².